The molecule has 1 aliphatic rings. The Labute approximate surface area is 111 Å². The molecule has 0 fully saturated rings. The summed E-state index contributed by atoms with van der Waals surface area (Å²) in [5, 5.41) is 0.591. The molecule has 0 spiro atoms. The molecule has 0 bridgehead atoms. The molecule has 0 N–H and O–H groups in total. The molecule has 0 amide bonds. The molecule has 4 nitrogen and oxygen atoms in total. The number of allylic oxidation sites excluding steroid dienone is 2. The van der Waals surface area contributed by atoms with E-state index in [1.807, 2.05) is 0 Å². The van der Waals surface area contributed by atoms with Gasteiger partial charge in [0.1, 0.15) is 6.33 Å². The summed E-state index contributed by atoms with van der Waals surface area (Å²) < 4.78 is 1.72. The maximum absolute atomic E-state index is 12.5. The molecular weight excluding hydrogens is 238 g/mol. The van der Waals surface area contributed by atoms with Gasteiger partial charge in [0.05, 0.1) is 11.4 Å². The largest absolute Gasteiger partial charge is 0.292 e. The monoisotopic (exact) mass is 255 g/mol. The van der Waals surface area contributed by atoms with Gasteiger partial charge in [0.2, 0.25) is 0 Å². The number of pyridine rings is 1. The first-order valence-electron chi connectivity index (χ1n) is 6.78. The van der Waals surface area contributed by atoms with Gasteiger partial charge in [-0.2, -0.15) is 0 Å². The van der Waals surface area contributed by atoms with E-state index in [0.717, 1.165) is 12.8 Å². The first kappa shape index (κ1) is 12.1. The van der Waals surface area contributed by atoms with Gasteiger partial charge < -0.3 is 0 Å². The lowest BCUT2D eigenvalue weighted by Gasteiger charge is -2.21. The third-order valence-electron chi connectivity index (χ3n) is 3.84. The SMILES string of the molecule is C[C@H](C1=CCCCC1)n1cnc2ncccc2c1=O. The van der Waals surface area contributed by atoms with Crippen LogP contribution in [0.1, 0.15) is 38.6 Å². The molecule has 0 unspecified atom stereocenters. The van der Waals surface area contributed by atoms with E-state index in [1.165, 1.54) is 18.4 Å². The van der Waals surface area contributed by atoms with Crippen molar-refractivity contribution >= 4 is 11.0 Å². The summed E-state index contributed by atoms with van der Waals surface area (Å²) in [6, 6.07) is 3.65. The Morgan fingerprint density at radius 1 is 1.32 bits per heavy atom. The molecule has 0 aromatic carbocycles. The van der Waals surface area contributed by atoms with Crippen LogP contribution in [-0.4, -0.2) is 14.5 Å². The molecule has 98 valence electrons. The number of rotatable bonds is 2. The summed E-state index contributed by atoms with van der Waals surface area (Å²) in [5.74, 6) is 0. The van der Waals surface area contributed by atoms with E-state index in [0.29, 0.717) is 11.0 Å². The second-order valence-corrected chi connectivity index (χ2v) is 5.03. The summed E-state index contributed by atoms with van der Waals surface area (Å²) in [4.78, 5) is 20.9. The standard InChI is InChI=1S/C15H17N3O/c1-11(12-6-3-2-4-7-12)18-10-17-14-13(15(18)19)8-5-9-16-14/h5-6,8-11H,2-4,7H2,1H3/t11-/m1/s1. The van der Waals surface area contributed by atoms with Crippen molar-refractivity contribution in [1.82, 2.24) is 14.5 Å². The molecule has 0 saturated heterocycles. The highest BCUT2D eigenvalue weighted by atomic mass is 16.1. The minimum absolute atomic E-state index is 0.00271. The molecule has 4 heteroatoms. The number of hydrogen-bond donors (Lipinski definition) is 0. The van der Waals surface area contributed by atoms with Crippen LogP contribution >= 0.6 is 0 Å². The van der Waals surface area contributed by atoms with Crippen molar-refractivity contribution in [2.75, 3.05) is 0 Å². The first-order valence-corrected chi connectivity index (χ1v) is 6.78. The number of fused-ring (bicyclic) bond motifs is 1. The topological polar surface area (TPSA) is 47.8 Å². The van der Waals surface area contributed by atoms with Gasteiger partial charge in [-0.1, -0.05) is 11.6 Å². The number of nitrogens with zero attached hydrogens (tertiary/aromatic N) is 3. The lowest BCUT2D eigenvalue weighted by Crippen LogP contribution is -2.25. The lowest BCUT2D eigenvalue weighted by atomic mass is 9.94. The van der Waals surface area contributed by atoms with Crippen LogP contribution in [-0.2, 0) is 0 Å². The fourth-order valence-electron chi connectivity index (χ4n) is 2.67. The Kier molecular flexibility index (Phi) is 3.15. The van der Waals surface area contributed by atoms with Crippen molar-refractivity contribution in [3.8, 4) is 0 Å². The maximum atomic E-state index is 12.5. The van der Waals surface area contributed by atoms with E-state index < -0.39 is 0 Å². The van der Waals surface area contributed by atoms with Crippen LogP contribution in [0.3, 0.4) is 0 Å². The van der Waals surface area contributed by atoms with Crippen molar-refractivity contribution in [2.24, 2.45) is 0 Å². The highest BCUT2D eigenvalue weighted by molar-refractivity contribution is 5.72. The third-order valence-corrected chi connectivity index (χ3v) is 3.84. The van der Waals surface area contributed by atoms with Crippen LogP contribution in [0.4, 0.5) is 0 Å². The third kappa shape index (κ3) is 2.18. The highest BCUT2D eigenvalue weighted by Crippen LogP contribution is 2.26. The Morgan fingerprint density at radius 3 is 3.00 bits per heavy atom. The van der Waals surface area contributed by atoms with Crippen molar-refractivity contribution in [3.05, 3.63) is 46.7 Å². The van der Waals surface area contributed by atoms with Crippen molar-refractivity contribution in [2.45, 2.75) is 38.6 Å². The van der Waals surface area contributed by atoms with E-state index in [1.54, 1.807) is 29.2 Å². The van der Waals surface area contributed by atoms with Gasteiger partial charge in [0.25, 0.3) is 5.56 Å². The molecule has 3 rings (SSSR count). The van der Waals surface area contributed by atoms with Crippen LogP contribution in [0.15, 0.2) is 41.1 Å². The minimum Gasteiger partial charge on any atom is -0.292 e. The zero-order chi connectivity index (χ0) is 13.2. The maximum Gasteiger partial charge on any atom is 0.263 e. The van der Waals surface area contributed by atoms with E-state index in [9.17, 15) is 4.79 Å². The molecule has 1 atom stereocenters. The minimum atomic E-state index is -0.00271. The molecule has 19 heavy (non-hydrogen) atoms. The number of aromatic nitrogens is 3. The Morgan fingerprint density at radius 2 is 2.21 bits per heavy atom. The van der Waals surface area contributed by atoms with Gasteiger partial charge in [-0.05, 0) is 44.7 Å². The van der Waals surface area contributed by atoms with Gasteiger partial charge >= 0.3 is 0 Å². The van der Waals surface area contributed by atoms with Gasteiger partial charge in [0.15, 0.2) is 5.65 Å². The van der Waals surface area contributed by atoms with Gasteiger partial charge in [-0.3, -0.25) is 9.36 Å². The van der Waals surface area contributed by atoms with Crippen LogP contribution < -0.4 is 5.56 Å². The van der Waals surface area contributed by atoms with Crippen molar-refractivity contribution in [3.63, 3.8) is 0 Å². The summed E-state index contributed by atoms with van der Waals surface area (Å²) in [6.45, 7) is 2.07. The summed E-state index contributed by atoms with van der Waals surface area (Å²) in [6.07, 6.45) is 10.2. The predicted octanol–water partition coefficient (Wildman–Crippen LogP) is 2.85. The van der Waals surface area contributed by atoms with Gasteiger partial charge in [0, 0.05) is 6.20 Å². The molecule has 2 aromatic heterocycles. The molecule has 2 heterocycles. The van der Waals surface area contributed by atoms with Crippen LogP contribution in [0.25, 0.3) is 11.0 Å². The average molecular weight is 255 g/mol. The molecular formula is C15H17N3O. The van der Waals surface area contributed by atoms with Crippen molar-refractivity contribution < 1.29 is 0 Å². The van der Waals surface area contributed by atoms with E-state index in [4.69, 9.17) is 0 Å². The highest BCUT2D eigenvalue weighted by Gasteiger charge is 2.15. The van der Waals surface area contributed by atoms with Crippen LogP contribution in [0, 0.1) is 0 Å². The second-order valence-electron chi connectivity index (χ2n) is 5.03. The first-order chi connectivity index (χ1) is 9.27. The fourth-order valence-corrected chi connectivity index (χ4v) is 2.67. The van der Waals surface area contributed by atoms with E-state index in [2.05, 4.69) is 23.0 Å². The Hall–Kier alpha value is -1.97. The second kappa shape index (κ2) is 4.96. The average Bonchev–Trinajstić information content (AvgIpc) is 2.48. The van der Waals surface area contributed by atoms with E-state index >= 15 is 0 Å². The summed E-state index contributed by atoms with van der Waals surface area (Å²) in [7, 11) is 0. The molecule has 1 aliphatic carbocycles. The smallest absolute Gasteiger partial charge is 0.263 e. The molecule has 2 aromatic rings. The predicted molar refractivity (Wildman–Crippen MR) is 75.1 cm³/mol. The molecule has 0 aliphatic heterocycles. The zero-order valence-corrected chi connectivity index (χ0v) is 11.0. The van der Waals surface area contributed by atoms with Gasteiger partial charge in [-0.15, -0.1) is 0 Å². The van der Waals surface area contributed by atoms with Crippen LogP contribution in [0.5, 0.6) is 0 Å². The van der Waals surface area contributed by atoms with Gasteiger partial charge in [-0.25, -0.2) is 9.97 Å². The quantitative estimate of drug-likeness (QED) is 0.775. The number of hydrogen-bond acceptors (Lipinski definition) is 3. The zero-order valence-electron chi connectivity index (χ0n) is 11.0. The Bertz CT molecular complexity index is 687. The normalized spacial score (nSPS) is 17.2. The van der Waals surface area contributed by atoms with Crippen molar-refractivity contribution in [1.29, 1.82) is 0 Å². The lowest BCUT2D eigenvalue weighted by molar-refractivity contribution is 0.544. The summed E-state index contributed by atoms with van der Waals surface area (Å²) >= 11 is 0. The molecule has 0 saturated carbocycles. The fraction of sp³-hybridized carbons (Fsp3) is 0.400. The van der Waals surface area contributed by atoms with Crippen LogP contribution in [0.2, 0.25) is 0 Å². The Balaban J connectivity index is 2.08. The molecule has 0 radical (unpaired) electrons. The summed E-state index contributed by atoms with van der Waals surface area (Å²) in [5.41, 5.74) is 1.86. The van der Waals surface area contributed by atoms with E-state index in [-0.39, 0.29) is 11.6 Å².